The van der Waals surface area contributed by atoms with E-state index in [0.29, 0.717) is 33.9 Å². The first-order valence-electron chi connectivity index (χ1n) is 6.92. The number of H-pyrrole nitrogens is 1. The largest absolute Gasteiger partial charge is 0.336 e. The fourth-order valence-corrected chi connectivity index (χ4v) is 3.14. The van der Waals surface area contributed by atoms with E-state index in [0.717, 1.165) is 13.1 Å². The smallest absolute Gasteiger partial charge is 0.245 e. The Bertz CT molecular complexity index is 634. The minimum Gasteiger partial charge on any atom is -0.336 e. The van der Waals surface area contributed by atoms with E-state index in [2.05, 4.69) is 55.2 Å². The van der Waals surface area contributed by atoms with Crippen LogP contribution >= 0.6 is 15.9 Å². The van der Waals surface area contributed by atoms with E-state index < -0.39 is 0 Å². The molecule has 1 aromatic heterocycles. The minimum absolute atomic E-state index is 0.310. The molecule has 1 fully saturated rings. The molecule has 21 heavy (non-hydrogen) atoms. The molecule has 7 heteroatoms. The third-order valence-electron chi connectivity index (χ3n) is 3.52. The van der Waals surface area contributed by atoms with E-state index in [4.69, 9.17) is 0 Å². The van der Waals surface area contributed by atoms with Gasteiger partial charge in [0.05, 0.1) is 4.47 Å². The topological polar surface area (TPSA) is 56.8 Å². The van der Waals surface area contributed by atoms with Crippen molar-refractivity contribution in [3.63, 3.8) is 0 Å². The van der Waals surface area contributed by atoms with Crippen molar-refractivity contribution in [1.29, 1.82) is 0 Å². The molecular weight excluding hydrogens is 337 g/mol. The van der Waals surface area contributed by atoms with Crippen molar-refractivity contribution >= 4 is 21.9 Å². The Balaban J connectivity index is 1.88. The molecule has 0 bridgehead atoms. The summed E-state index contributed by atoms with van der Waals surface area (Å²) in [4.78, 5) is 6.65. The van der Waals surface area contributed by atoms with Crippen molar-refractivity contribution in [2.24, 2.45) is 0 Å². The quantitative estimate of drug-likeness (QED) is 0.871. The summed E-state index contributed by atoms with van der Waals surface area (Å²) in [6.45, 7) is 5.98. The van der Waals surface area contributed by atoms with Gasteiger partial charge >= 0.3 is 0 Å². The molecule has 0 saturated carbocycles. The molecule has 3 rings (SSSR count). The first-order chi connectivity index (χ1) is 10.0. The summed E-state index contributed by atoms with van der Waals surface area (Å²) < 4.78 is 14.0. The number of nitrogens with zero attached hydrogens (tertiary/aromatic N) is 3. The van der Waals surface area contributed by atoms with Crippen LogP contribution in [0.15, 0.2) is 22.7 Å². The number of piperazine rings is 1. The Morgan fingerprint density at radius 3 is 2.71 bits per heavy atom. The molecule has 1 saturated heterocycles. The van der Waals surface area contributed by atoms with Gasteiger partial charge in [-0.05, 0) is 41.9 Å². The summed E-state index contributed by atoms with van der Waals surface area (Å²) >= 11 is 3.25. The number of hydrogen-bond acceptors (Lipinski definition) is 4. The standard InChI is InChI=1S/C14H17BrFN5/c1-8-6-21(7-9(2)17-8)14-18-13(19-20-14)10-4-3-5-11(16)12(10)15/h3-5,8-9,17H,6-7H2,1-2H3,(H,18,19,20). The number of hydrogen-bond donors (Lipinski definition) is 2. The molecule has 1 aromatic carbocycles. The van der Waals surface area contributed by atoms with Gasteiger partial charge in [0.15, 0.2) is 5.82 Å². The van der Waals surface area contributed by atoms with E-state index >= 15 is 0 Å². The lowest BCUT2D eigenvalue weighted by Gasteiger charge is -2.35. The first kappa shape index (κ1) is 14.5. The molecule has 0 radical (unpaired) electrons. The molecule has 1 aliphatic heterocycles. The summed E-state index contributed by atoms with van der Waals surface area (Å²) in [6, 6.07) is 5.64. The van der Waals surface area contributed by atoms with Gasteiger partial charge in [-0.3, -0.25) is 5.10 Å². The predicted molar refractivity (Wildman–Crippen MR) is 83.7 cm³/mol. The van der Waals surface area contributed by atoms with Crippen LogP contribution in [0.1, 0.15) is 13.8 Å². The SMILES string of the molecule is CC1CN(c2n[nH]c(-c3cccc(F)c3Br)n2)CC(C)N1. The highest BCUT2D eigenvalue weighted by atomic mass is 79.9. The number of nitrogens with one attached hydrogen (secondary N) is 2. The maximum atomic E-state index is 13.6. The third-order valence-corrected chi connectivity index (χ3v) is 4.33. The molecular formula is C14H17BrFN5. The highest BCUT2D eigenvalue weighted by molar-refractivity contribution is 9.10. The molecule has 0 amide bonds. The molecule has 5 nitrogen and oxygen atoms in total. The minimum atomic E-state index is -0.310. The van der Waals surface area contributed by atoms with Crippen LogP contribution in [0.3, 0.4) is 0 Å². The number of aromatic nitrogens is 3. The Morgan fingerprint density at radius 2 is 2.00 bits per heavy atom. The Labute approximate surface area is 131 Å². The highest BCUT2D eigenvalue weighted by Gasteiger charge is 2.24. The van der Waals surface area contributed by atoms with Gasteiger partial charge in [0.1, 0.15) is 5.82 Å². The normalized spacial score (nSPS) is 22.6. The van der Waals surface area contributed by atoms with Crippen LogP contribution in [-0.2, 0) is 0 Å². The van der Waals surface area contributed by atoms with Crippen LogP contribution in [0.2, 0.25) is 0 Å². The molecule has 112 valence electrons. The van der Waals surface area contributed by atoms with Crippen molar-refractivity contribution in [1.82, 2.24) is 20.5 Å². The second-order valence-electron chi connectivity index (χ2n) is 5.46. The summed E-state index contributed by atoms with van der Waals surface area (Å²) in [6.07, 6.45) is 0. The molecule has 0 aliphatic carbocycles. The Hall–Kier alpha value is -1.47. The number of benzene rings is 1. The van der Waals surface area contributed by atoms with Crippen LogP contribution in [-0.4, -0.2) is 40.4 Å². The molecule has 2 atom stereocenters. The van der Waals surface area contributed by atoms with Crippen LogP contribution in [0, 0.1) is 5.82 Å². The average molecular weight is 354 g/mol. The number of halogens is 2. The van der Waals surface area contributed by atoms with Crippen molar-refractivity contribution in [3.05, 3.63) is 28.5 Å². The third kappa shape index (κ3) is 2.94. The number of anilines is 1. The van der Waals surface area contributed by atoms with Gasteiger partial charge in [-0.15, -0.1) is 5.10 Å². The lowest BCUT2D eigenvalue weighted by atomic mass is 10.1. The summed E-state index contributed by atoms with van der Waals surface area (Å²) in [7, 11) is 0. The van der Waals surface area contributed by atoms with Gasteiger partial charge in [0.25, 0.3) is 0 Å². The van der Waals surface area contributed by atoms with E-state index in [-0.39, 0.29) is 5.82 Å². The Morgan fingerprint density at radius 1 is 1.29 bits per heavy atom. The molecule has 2 aromatic rings. The fourth-order valence-electron chi connectivity index (χ4n) is 2.69. The van der Waals surface area contributed by atoms with Crippen molar-refractivity contribution in [3.8, 4) is 11.4 Å². The number of rotatable bonds is 2. The second-order valence-corrected chi connectivity index (χ2v) is 6.25. The predicted octanol–water partition coefficient (Wildman–Crippen LogP) is 2.56. The second kappa shape index (κ2) is 5.73. The van der Waals surface area contributed by atoms with Crippen LogP contribution in [0.5, 0.6) is 0 Å². The van der Waals surface area contributed by atoms with Crippen molar-refractivity contribution < 1.29 is 4.39 Å². The van der Waals surface area contributed by atoms with E-state index in [1.807, 2.05) is 0 Å². The zero-order valence-corrected chi connectivity index (χ0v) is 13.5. The zero-order valence-electron chi connectivity index (χ0n) is 11.9. The summed E-state index contributed by atoms with van der Waals surface area (Å²) in [5.41, 5.74) is 0.671. The van der Waals surface area contributed by atoms with Gasteiger partial charge in [-0.25, -0.2) is 4.39 Å². The molecule has 2 heterocycles. The lowest BCUT2D eigenvalue weighted by Crippen LogP contribution is -2.54. The Kier molecular flexibility index (Phi) is 3.95. The van der Waals surface area contributed by atoms with E-state index in [9.17, 15) is 4.39 Å². The monoisotopic (exact) mass is 353 g/mol. The molecule has 1 aliphatic rings. The lowest BCUT2D eigenvalue weighted by molar-refractivity contribution is 0.403. The van der Waals surface area contributed by atoms with Gasteiger partial charge in [0, 0.05) is 30.7 Å². The summed E-state index contributed by atoms with van der Waals surface area (Å²) in [5.74, 6) is 0.909. The van der Waals surface area contributed by atoms with Crippen molar-refractivity contribution in [2.75, 3.05) is 18.0 Å². The van der Waals surface area contributed by atoms with E-state index in [1.54, 1.807) is 12.1 Å². The van der Waals surface area contributed by atoms with Crippen LogP contribution in [0.25, 0.3) is 11.4 Å². The maximum Gasteiger partial charge on any atom is 0.245 e. The highest BCUT2D eigenvalue weighted by Crippen LogP contribution is 2.28. The first-order valence-corrected chi connectivity index (χ1v) is 7.71. The van der Waals surface area contributed by atoms with Crippen LogP contribution in [0.4, 0.5) is 10.3 Å². The maximum absolute atomic E-state index is 13.6. The van der Waals surface area contributed by atoms with Crippen molar-refractivity contribution in [2.45, 2.75) is 25.9 Å². The fraction of sp³-hybridized carbons (Fsp3) is 0.429. The molecule has 0 spiro atoms. The molecule has 2 unspecified atom stereocenters. The van der Waals surface area contributed by atoms with Gasteiger partial charge < -0.3 is 10.2 Å². The average Bonchev–Trinajstić information content (AvgIpc) is 2.90. The van der Waals surface area contributed by atoms with Crippen LogP contribution < -0.4 is 10.2 Å². The number of aromatic amines is 1. The van der Waals surface area contributed by atoms with Gasteiger partial charge in [-0.2, -0.15) is 4.98 Å². The van der Waals surface area contributed by atoms with Gasteiger partial charge in [-0.1, -0.05) is 6.07 Å². The summed E-state index contributed by atoms with van der Waals surface area (Å²) in [5, 5.41) is 10.6. The zero-order chi connectivity index (χ0) is 15.0. The van der Waals surface area contributed by atoms with E-state index in [1.165, 1.54) is 6.07 Å². The van der Waals surface area contributed by atoms with Gasteiger partial charge in [0.2, 0.25) is 5.95 Å². The molecule has 2 N–H and O–H groups in total.